The molecular weight excluding hydrogens is 412 g/mol. The van der Waals surface area contributed by atoms with E-state index in [2.05, 4.69) is 10.6 Å². The third-order valence-corrected chi connectivity index (χ3v) is 6.51. The molecule has 1 aliphatic heterocycles. The summed E-state index contributed by atoms with van der Waals surface area (Å²) in [5, 5.41) is 13.5. The smallest absolute Gasteiger partial charge is 0.322 e. The molecule has 0 bridgehead atoms. The number of nitrogens with one attached hydrogen (secondary N) is 2. The molecule has 1 unspecified atom stereocenters. The zero-order valence-electron chi connectivity index (χ0n) is 15.8. The van der Waals surface area contributed by atoms with Gasteiger partial charge in [-0.05, 0) is 54.5 Å². The van der Waals surface area contributed by atoms with Crippen molar-refractivity contribution in [2.24, 2.45) is 11.1 Å². The van der Waals surface area contributed by atoms with Gasteiger partial charge in [0.05, 0.1) is 15.8 Å². The number of hydrogen-bond acceptors (Lipinski definition) is 5. The standard InChI is InChI=1S/C19H24N4O4S2/c20-29(26,27)16-7-5-14(6-8-16)9-10-21-18(24)15-3-1-11-23(13-15)19(25)22-17-4-2-12-28-17/h2,4-8,12,15H,1,3,9-11,13H2,(H,21,24)(H,22,25)(H2,20,26,27). The minimum Gasteiger partial charge on any atom is -0.355 e. The molecule has 4 N–H and O–H groups in total. The summed E-state index contributed by atoms with van der Waals surface area (Å²) in [6.45, 7) is 1.47. The Kier molecular flexibility index (Phi) is 6.88. The van der Waals surface area contributed by atoms with Crippen LogP contribution in [-0.2, 0) is 21.2 Å². The average molecular weight is 437 g/mol. The van der Waals surface area contributed by atoms with Crippen molar-refractivity contribution in [1.29, 1.82) is 0 Å². The Morgan fingerprint density at radius 3 is 2.62 bits per heavy atom. The molecule has 10 heteroatoms. The molecule has 1 fully saturated rings. The van der Waals surface area contributed by atoms with Gasteiger partial charge < -0.3 is 10.2 Å². The number of likely N-dealkylation sites (tertiary alicyclic amines) is 1. The van der Waals surface area contributed by atoms with Crippen molar-refractivity contribution in [3.05, 3.63) is 47.3 Å². The molecule has 0 spiro atoms. The van der Waals surface area contributed by atoms with Crippen LogP contribution in [-0.4, -0.2) is 44.9 Å². The third kappa shape index (κ3) is 6.02. The van der Waals surface area contributed by atoms with Crippen molar-refractivity contribution in [3.8, 4) is 0 Å². The van der Waals surface area contributed by atoms with Crippen LogP contribution in [0.2, 0.25) is 0 Å². The summed E-state index contributed by atoms with van der Waals surface area (Å²) in [6, 6.07) is 9.81. The van der Waals surface area contributed by atoms with Gasteiger partial charge in [0, 0.05) is 19.6 Å². The van der Waals surface area contributed by atoms with E-state index in [1.54, 1.807) is 17.0 Å². The fourth-order valence-electron chi connectivity index (χ4n) is 3.23. The van der Waals surface area contributed by atoms with Crippen LogP contribution in [0.3, 0.4) is 0 Å². The lowest BCUT2D eigenvalue weighted by Crippen LogP contribution is -2.47. The normalized spacial score (nSPS) is 17.0. The van der Waals surface area contributed by atoms with E-state index in [0.29, 0.717) is 26.1 Å². The van der Waals surface area contributed by atoms with Gasteiger partial charge in [-0.25, -0.2) is 18.4 Å². The number of hydrogen-bond donors (Lipinski definition) is 3. The average Bonchev–Trinajstić information content (AvgIpc) is 3.21. The van der Waals surface area contributed by atoms with E-state index in [1.165, 1.54) is 23.5 Å². The number of piperidine rings is 1. The number of rotatable bonds is 6. The number of anilines is 1. The monoisotopic (exact) mass is 436 g/mol. The van der Waals surface area contributed by atoms with E-state index in [4.69, 9.17) is 5.14 Å². The number of nitrogens with two attached hydrogens (primary N) is 1. The van der Waals surface area contributed by atoms with E-state index in [1.807, 2.05) is 17.5 Å². The molecule has 1 atom stereocenters. The summed E-state index contributed by atoms with van der Waals surface area (Å²) < 4.78 is 22.5. The lowest BCUT2D eigenvalue weighted by Gasteiger charge is -2.31. The Morgan fingerprint density at radius 1 is 1.21 bits per heavy atom. The van der Waals surface area contributed by atoms with Gasteiger partial charge in [-0.3, -0.25) is 10.1 Å². The Bertz CT molecular complexity index is 943. The predicted molar refractivity (Wildman–Crippen MR) is 112 cm³/mol. The van der Waals surface area contributed by atoms with Crippen molar-refractivity contribution in [2.45, 2.75) is 24.2 Å². The van der Waals surface area contributed by atoms with Gasteiger partial charge in [0.2, 0.25) is 15.9 Å². The molecule has 3 rings (SSSR count). The first-order valence-electron chi connectivity index (χ1n) is 9.32. The van der Waals surface area contributed by atoms with E-state index >= 15 is 0 Å². The summed E-state index contributed by atoms with van der Waals surface area (Å²) >= 11 is 1.46. The quantitative estimate of drug-likeness (QED) is 0.641. The second-order valence-electron chi connectivity index (χ2n) is 6.92. The lowest BCUT2D eigenvalue weighted by atomic mass is 9.97. The van der Waals surface area contributed by atoms with Gasteiger partial charge >= 0.3 is 6.03 Å². The second-order valence-corrected chi connectivity index (χ2v) is 9.43. The van der Waals surface area contributed by atoms with Crippen molar-refractivity contribution in [1.82, 2.24) is 10.2 Å². The van der Waals surface area contributed by atoms with Crippen LogP contribution in [0.15, 0.2) is 46.7 Å². The molecule has 0 radical (unpaired) electrons. The first-order chi connectivity index (χ1) is 13.8. The van der Waals surface area contributed by atoms with Gasteiger partial charge in [-0.2, -0.15) is 0 Å². The summed E-state index contributed by atoms with van der Waals surface area (Å²) in [7, 11) is -3.70. The molecule has 29 heavy (non-hydrogen) atoms. The molecule has 1 aromatic carbocycles. The number of sulfonamides is 1. The van der Waals surface area contributed by atoms with Crippen molar-refractivity contribution >= 4 is 38.3 Å². The maximum atomic E-state index is 12.5. The molecule has 2 heterocycles. The Morgan fingerprint density at radius 2 is 1.97 bits per heavy atom. The SMILES string of the molecule is NS(=O)(=O)c1ccc(CCNC(=O)C2CCCN(C(=O)Nc3cccs3)C2)cc1. The molecule has 1 aromatic heterocycles. The highest BCUT2D eigenvalue weighted by atomic mass is 32.2. The minimum atomic E-state index is -3.70. The van der Waals surface area contributed by atoms with Crippen LogP contribution < -0.4 is 15.8 Å². The molecular formula is C19H24N4O4S2. The fourth-order valence-corrected chi connectivity index (χ4v) is 4.35. The van der Waals surface area contributed by atoms with Gasteiger partial charge in [-0.1, -0.05) is 12.1 Å². The van der Waals surface area contributed by atoms with E-state index in [0.717, 1.165) is 23.4 Å². The number of carbonyl (C=O) groups is 2. The van der Waals surface area contributed by atoms with Crippen LogP contribution >= 0.6 is 11.3 Å². The van der Waals surface area contributed by atoms with E-state index in [9.17, 15) is 18.0 Å². The van der Waals surface area contributed by atoms with Crippen LogP contribution in [0, 0.1) is 5.92 Å². The van der Waals surface area contributed by atoms with Gasteiger partial charge in [-0.15, -0.1) is 11.3 Å². The largest absolute Gasteiger partial charge is 0.355 e. The Balaban J connectivity index is 1.45. The van der Waals surface area contributed by atoms with Crippen LogP contribution in [0.4, 0.5) is 9.80 Å². The van der Waals surface area contributed by atoms with Gasteiger partial charge in [0.15, 0.2) is 0 Å². The number of carbonyl (C=O) groups excluding carboxylic acids is 2. The molecule has 0 aliphatic carbocycles. The fraction of sp³-hybridized carbons (Fsp3) is 0.368. The minimum absolute atomic E-state index is 0.0633. The lowest BCUT2D eigenvalue weighted by molar-refractivity contribution is -0.126. The topological polar surface area (TPSA) is 122 Å². The highest BCUT2D eigenvalue weighted by Crippen LogP contribution is 2.20. The molecule has 156 valence electrons. The van der Waals surface area contributed by atoms with Crippen LogP contribution in [0.1, 0.15) is 18.4 Å². The maximum absolute atomic E-state index is 12.5. The highest BCUT2D eigenvalue weighted by molar-refractivity contribution is 7.89. The zero-order chi connectivity index (χ0) is 20.9. The summed E-state index contributed by atoms with van der Waals surface area (Å²) in [6.07, 6.45) is 2.11. The van der Waals surface area contributed by atoms with Crippen molar-refractivity contribution in [2.75, 3.05) is 25.0 Å². The van der Waals surface area contributed by atoms with Crippen LogP contribution in [0.25, 0.3) is 0 Å². The van der Waals surface area contributed by atoms with E-state index < -0.39 is 10.0 Å². The highest BCUT2D eigenvalue weighted by Gasteiger charge is 2.28. The molecule has 2 aromatic rings. The Labute approximate surface area is 174 Å². The predicted octanol–water partition coefficient (Wildman–Crippen LogP) is 2.00. The van der Waals surface area contributed by atoms with Crippen molar-refractivity contribution < 1.29 is 18.0 Å². The van der Waals surface area contributed by atoms with Gasteiger partial charge in [0.1, 0.15) is 0 Å². The first-order valence-corrected chi connectivity index (χ1v) is 11.7. The molecule has 1 saturated heterocycles. The number of benzene rings is 1. The molecule has 3 amide bonds. The first kappa shape index (κ1) is 21.3. The summed E-state index contributed by atoms with van der Waals surface area (Å²) in [5.74, 6) is -0.303. The third-order valence-electron chi connectivity index (χ3n) is 4.80. The number of amides is 3. The number of nitrogens with zero attached hydrogens (tertiary/aromatic N) is 1. The maximum Gasteiger partial charge on any atom is 0.322 e. The van der Waals surface area contributed by atoms with Gasteiger partial charge in [0.25, 0.3) is 0 Å². The van der Waals surface area contributed by atoms with Crippen LogP contribution in [0.5, 0.6) is 0 Å². The molecule has 1 aliphatic rings. The molecule has 0 saturated carbocycles. The summed E-state index contributed by atoms with van der Waals surface area (Å²) in [5.41, 5.74) is 0.901. The number of urea groups is 1. The molecule has 8 nitrogen and oxygen atoms in total. The zero-order valence-corrected chi connectivity index (χ0v) is 17.5. The summed E-state index contributed by atoms with van der Waals surface area (Å²) in [4.78, 5) is 26.6. The van der Waals surface area contributed by atoms with E-state index in [-0.39, 0.29) is 22.8 Å². The number of primary sulfonamides is 1. The Hall–Kier alpha value is -2.43. The number of thiophene rings is 1. The van der Waals surface area contributed by atoms with Crippen molar-refractivity contribution in [3.63, 3.8) is 0 Å². The second kappa shape index (κ2) is 9.38.